The van der Waals surface area contributed by atoms with Gasteiger partial charge in [-0.15, -0.1) is 0 Å². The molecule has 0 unspecified atom stereocenters. The normalized spacial score (nSPS) is 10.8. The second kappa shape index (κ2) is 6.64. The highest BCUT2D eigenvalue weighted by Crippen LogP contribution is 2.25. The van der Waals surface area contributed by atoms with Gasteiger partial charge in [-0.05, 0) is 47.9 Å². The van der Waals surface area contributed by atoms with Crippen LogP contribution >= 0.6 is 0 Å². The molecule has 0 aliphatic carbocycles. The molecule has 7 heteroatoms. The molecule has 0 saturated carbocycles. The van der Waals surface area contributed by atoms with Gasteiger partial charge in [-0.3, -0.25) is 15.1 Å². The topological polar surface area (TPSA) is 94.1 Å². The van der Waals surface area contributed by atoms with E-state index in [9.17, 15) is 10.1 Å². The molecule has 0 radical (unpaired) electrons. The minimum atomic E-state index is -0.456. The number of non-ortho nitro benzene ring substituents is 1. The van der Waals surface area contributed by atoms with Gasteiger partial charge in [0.05, 0.1) is 4.92 Å². The SMILES string of the molecule is O=[N+]([O-])c1ccc2oc(Nc3ccc(Cc4ccncc4)cc3)nc2c1. The number of oxazole rings is 1. The number of hydrogen-bond donors (Lipinski definition) is 1. The van der Waals surface area contributed by atoms with Crippen molar-refractivity contribution in [2.45, 2.75) is 6.42 Å². The molecule has 2 heterocycles. The highest BCUT2D eigenvalue weighted by atomic mass is 16.6. The zero-order chi connectivity index (χ0) is 17.9. The van der Waals surface area contributed by atoms with Gasteiger partial charge in [0, 0.05) is 30.2 Å². The van der Waals surface area contributed by atoms with Crippen molar-refractivity contribution in [2.75, 3.05) is 5.32 Å². The molecule has 0 spiro atoms. The number of nitro benzene ring substituents is 1. The smallest absolute Gasteiger partial charge is 0.300 e. The van der Waals surface area contributed by atoms with Crippen LogP contribution in [0.1, 0.15) is 11.1 Å². The lowest BCUT2D eigenvalue weighted by atomic mass is 10.1. The summed E-state index contributed by atoms with van der Waals surface area (Å²) in [6, 6.07) is 16.5. The van der Waals surface area contributed by atoms with E-state index in [4.69, 9.17) is 4.42 Å². The summed E-state index contributed by atoms with van der Waals surface area (Å²) in [5.41, 5.74) is 4.11. The number of nitro groups is 1. The molecule has 0 fully saturated rings. The predicted molar refractivity (Wildman–Crippen MR) is 97.4 cm³/mol. The van der Waals surface area contributed by atoms with E-state index in [0.29, 0.717) is 17.1 Å². The van der Waals surface area contributed by atoms with Crippen LogP contribution in [0, 0.1) is 10.1 Å². The second-order valence-corrected chi connectivity index (χ2v) is 5.78. The molecule has 0 amide bonds. The number of hydrogen-bond acceptors (Lipinski definition) is 6. The van der Waals surface area contributed by atoms with E-state index >= 15 is 0 Å². The van der Waals surface area contributed by atoms with Gasteiger partial charge in [-0.1, -0.05) is 12.1 Å². The van der Waals surface area contributed by atoms with Crippen molar-refractivity contribution < 1.29 is 9.34 Å². The number of pyridine rings is 1. The minimum Gasteiger partial charge on any atom is -0.423 e. The molecule has 1 N–H and O–H groups in total. The Morgan fingerprint density at radius 2 is 1.73 bits per heavy atom. The fraction of sp³-hybridized carbons (Fsp3) is 0.0526. The Bertz CT molecular complexity index is 1060. The molecule has 4 aromatic rings. The van der Waals surface area contributed by atoms with E-state index in [1.807, 2.05) is 36.4 Å². The molecule has 0 bridgehead atoms. The lowest BCUT2D eigenvalue weighted by Crippen LogP contribution is -1.92. The number of benzene rings is 2. The molecule has 2 aromatic carbocycles. The van der Waals surface area contributed by atoms with Crippen LogP contribution in [0.2, 0.25) is 0 Å². The fourth-order valence-electron chi connectivity index (χ4n) is 2.65. The Hall–Kier alpha value is -3.74. The first kappa shape index (κ1) is 15.8. The zero-order valence-corrected chi connectivity index (χ0v) is 13.6. The third kappa shape index (κ3) is 3.36. The van der Waals surface area contributed by atoms with Crippen LogP contribution in [0.3, 0.4) is 0 Å². The highest BCUT2D eigenvalue weighted by Gasteiger charge is 2.11. The average Bonchev–Trinajstić information content (AvgIpc) is 3.05. The predicted octanol–water partition coefficient (Wildman–Crippen LogP) is 4.47. The highest BCUT2D eigenvalue weighted by molar-refractivity contribution is 5.77. The maximum absolute atomic E-state index is 10.8. The van der Waals surface area contributed by atoms with E-state index in [1.165, 1.54) is 23.3 Å². The molecule has 7 nitrogen and oxygen atoms in total. The quantitative estimate of drug-likeness (QED) is 0.423. The molecule has 26 heavy (non-hydrogen) atoms. The summed E-state index contributed by atoms with van der Waals surface area (Å²) in [6.07, 6.45) is 4.39. The Kier molecular flexibility index (Phi) is 4.03. The standard InChI is InChI=1S/C19H14N4O3/c24-23(25)16-5-6-18-17(12-16)22-19(26-18)21-15-3-1-13(2-4-15)11-14-7-9-20-10-8-14/h1-10,12H,11H2,(H,21,22). The number of anilines is 2. The second-order valence-electron chi connectivity index (χ2n) is 5.78. The van der Waals surface area contributed by atoms with Gasteiger partial charge in [0.1, 0.15) is 5.52 Å². The summed E-state index contributed by atoms with van der Waals surface area (Å²) in [6.45, 7) is 0. The van der Waals surface area contributed by atoms with Crippen molar-refractivity contribution in [3.63, 3.8) is 0 Å². The number of nitrogens with one attached hydrogen (secondary N) is 1. The zero-order valence-electron chi connectivity index (χ0n) is 13.6. The van der Waals surface area contributed by atoms with Gasteiger partial charge < -0.3 is 9.73 Å². The van der Waals surface area contributed by atoms with Crippen molar-refractivity contribution in [2.24, 2.45) is 0 Å². The van der Waals surface area contributed by atoms with Gasteiger partial charge in [0.25, 0.3) is 11.7 Å². The average molecular weight is 346 g/mol. The summed E-state index contributed by atoms with van der Waals surface area (Å²) in [5.74, 6) is 0. The van der Waals surface area contributed by atoms with Crippen molar-refractivity contribution in [1.29, 1.82) is 0 Å². The van der Waals surface area contributed by atoms with Gasteiger partial charge in [0.2, 0.25) is 0 Å². The third-order valence-electron chi connectivity index (χ3n) is 3.94. The van der Waals surface area contributed by atoms with Crippen LogP contribution in [0.5, 0.6) is 0 Å². The first-order chi connectivity index (χ1) is 12.7. The lowest BCUT2D eigenvalue weighted by Gasteiger charge is -2.04. The maximum Gasteiger partial charge on any atom is 0.300 e. The maximum atomic E-state index is 10.8. The Labute approximate surface area is 148 Å². The largest absolute Gasteiger partial charge is 0.423 e. The number of rotatable bonds is 5. The molecule has 4 rings (SSSR count). The van der Waals surface area contributed by atoms with Crippen LogP contribution in [0.4, 0.5) is 17.4 Å². The molecular weight excluding hydrogens is 332 g/mol. The number of fused-ring (bicyclic) bond motifs is 1. The van der Waals surface area contributed by atoms with Crippen LogP contribution in [-0.2, 0) is 6.42 Å². The summed E-state index contributed by atoms with van der Waals surface area (Å²) < 4.78 is 5.58. The number of aromatic nitrogens is 2. The summed E-state index contributed by atoms with van der Waals surface area (Å²) in [5, 5.41) is 13.9. The van der Waals surface area contributed by atoms with E-state index in [0.717, 1.165) is 12.1 Å². The van der Waals surface area contributed by atoms with E-state index in [1.54, 1.807) is 18.5 Å². The summed E-state index contributed by atoms with van der Waals surface area (Å²) in [4.78, 5) is 18.6. The molecule has 2 aromatic heterocycles. The van der Waals surface area contributed by atoms with Crippen LogP contribution in [0.15, 0.2) is 71.4 Å². The lowest BCUT2D eigenvalue weighted by molar-refractivity contribution is -0.384. The van der Waals surface area contributed by atoms with Gasteiger partial charge in [0.15, 0.2) is 5.58 Å². The molecule has 0 aliphatic heterocycles. The Morgan fingerprint density at radius 1 is 1.00 bits per heavy atom. The summed E-state index contributed by atoms with van der Waals surface area (Å²) in [7, 11) is 0. The van der Waals surface area contributed by atoms with Gasteiger partial charge in [-0.25, -0.2) is 0 Å². The van der Waals surface area contributed by atoms with Crippen LogP contribution in [-0.4, -0.2) is 14.9 Å². The fourth-order valence-corrected chi connectivity index (χ4v) is 2.65. The third-order valence-corrected chi connectivity index (χ3v) is 3.94. The van der Waals surface area contributed by atoms with Crippen molar-refractivity contribution in [3.05, 3.63) is 88.2 Å². The van der Waals surface area contributed by atoms with Gasteiger partial charge in [-0.2, -0.15) is 4.98 Å². The first-order valence-corrected chi connectivity index (χ1v) is 7.97. The van der Waals surface area contributed by atoms with Crippen LogP contribution < -0.4 is 5.32 Å². The van der Waals surface area contributed by atoms with E-state index in [2.05, 4.69) is 15.3 Å². The van der Waals surface area contributed by atoms with Crippen molar-refractivity contribution in [1.82, 2.24) is 9.97 Å². The first-order valence-electron chi connectivity index (χ1n) is 7.97. The minimum absolute atomic E-state index is 0.0159. The van der Waals surface area contributed by atoms with Crippen molar-refractivity contribution >= 4 is 28.5 Å². The number of nitrogens with zero attached hydrogens (tertiary/aromatic N) is 3. The molecular formula is C19H14N4O3. The monoisotopic (exact) mass is 346 g/mol. The van der Waals surface area contributed by atoms with Crippen LogP contribution in [0.25, 0.3) is 11.1 Å². The van der Waals surface area contributed by atoms with Gasteiger partial charge >= 0.3 is 0 Å². The summed E-state index contributed by atoms with van der Waals surface area (Å²) >= 11 is 0. The molecule has 0 aliphatic rings. The van der Waals surface area contributed by atoms with Crippen molar-refractivity contribution in [3.8, 4) is 0 Å². The molecule has 0 atom stereocenters. The Balaban J connectivity index is 1.50. The van der Waals surface area contributed by atoms with E-state index in [-0.39, 0.29) is 5.69 Å². The van der Waals surface area contributed by atoms with E-state index < -0.39 is 4.92 Å². The molecule has 128 valence electrons. The Morgan fingerprint density at radius 3 is 2.46 bits per heavy atom. The molecule has 0 saturated heterocycles.